The molecular formula is C21H19ClF2N4OS. The molecule has 2 atom stereocenters. The second-order valence-corrected chi connectivity index (χ2v) is 8.57. The van der Waals surface area contributed by atoms with Gasteiger partial charge in [0.05, 0.1) is 10.9 Å². The summed E-state index contributed by atoms with van der Waals surface area (Å²) in [6.07, 6.45) is 4.14. The highest BCUT2D eigenvalue weighted by Gasteiger charge is 2.27. The molecule has 4 rings (SSSR count). The van der Waals surface area contributed by atoms with Gasteiger partial charge >= 0.3 is 0 Å². The van der Waals surface area contributed by atoms with E-state index in [1.165, 1.54) is 11.4 Å². The van der Waals surface area contributed by atoms with Crippen molar-refractivity contribution in [2.24, 2.45) is 5.73 Å². The minimum Gasteiger partial charge on any atom is -0.370 e. The summed E-state index contributed by atoms with van der Waals surface area (Å²) < 4.78 is 28.0. The Bertz CT molecular complexity index is 1060. The highest BCUT2D eigenvalue weighted by atomic mass is 35.5. The zero-order valence-corrected chi connectivity index (χ0v) is 17.5. The highest BCUT2D eigenvalue weighted by molar-refractivity contribution is 7.13. The van der Waals surface area contributed by atoms with Crippen LogP contribution in [-0.2, 0) is 6.42 Å². The van der Waals surface area contributed by atoms with E-state index >= 15 is 0 Å². The van der Waals surface area contributed by atoms with Crippen LogP contribution < -0.4 is 10.6 Å². The lowest BCUT2D eigenvalue weighted by molar-refractivity contribution is 0.0989. The lowest BCUT2D eigenvalue weighted by atomic mass is 10.0. The molecule has 0 saturated carbocycles. The van der Waals surface area contributed by atoms with Gasteiger partial charge in [-0.25, -0.2) is 13.8 Å². The minimum atomic E-state index is -0.711. The quantitative estimate of drug-likeness (QED) is 0.471. The van der Waals surface area contributed by atoms with E-state index < -0.39 is 11.6 Å². The maximum Gasteiger partial charge on any atom is 0.186 e. The number of alkyl halides is 1. The molecule has 1 aliphatic rings. The Morgan fingerprint density at radius 3 is 2.80 bits per heavy atom. The molecule has 2 N–H and O–H groups in total. The van der Waals surface area contributed by atoms with Crippen LogP contribution in [0.2, 0.25) is 0 Å². The van der Waals surface area contributed by atoms with Crippen LogP contribution in [0.5, 0.6) is 0 Å². The van der Waals surface area contributed by atoms with Gasteiger partial charge in [-0.05, 0) is 24.6 Å². The van der Waals surface area contributed by atoms with Gasteiger partial charge in [0, 0.05) is 54.6 Å². The van der Waals surface area contributed by atoms with Gasteiger partial charge in [-0.15, -0.1) is 22.9 Å². The molecule has 3 heterocycles. The van der Waals surface area contributed by atoms with Crippen molar-refractivity contribution in [3.05, 3.63) is 64.9 Å². The Labute approximate surface area is 181 Å². The van der Waals surface area contributed by atoms with E-state index in [0.29, 0.717) is 6.54 Å². The monoisotopic (exact) mass is 448 g/mol. The third-order valence-electron chi connectivity index (χ3n) is 5.11. The van der Waals surface area contributed by atoms with Crippen LogP contribution in [0.25, 0.3) is 10.6 Å². The van der Waals surface area contributed by atoms with Crippen LogP contribution in [0.3, 0.4) is 0 Å². The molecule has 5 nitrogen and oxygen atoms in total. The van der Waals surface area contributed by atoms with Crippen LogP contribution in [-0.4, -0.2) is 40.3 Å². The number of nitrogens with two attached hydrogens (primary N) is 1. The highest BCUT2D eigenvalue weighted by Crippen LogP contribution is 2.30. The number of benzene rings is 1. The first kappa shape index (κ1) is 20.8. The summed E-state index contributed by atoms with van der Waals surface area (Å²) in [7, 11) is 0. The predicted octanol–water partition coefficient (Wildman–Crippen LogP) is 4.05. The van der Waals surface area contributed by atoms with Gasteiger partial charge in [-0.2, -0.15) is 0 Å². The third kappa shape index (κ3) is 4.21. The van der Waals surface area contributed by atoms with Crippen molar-refractivity contribution in [2.75, 3.05) is 18.0 Å². The summed E-state index contributed by atoms with van der Waals surface area (Å²) in [5, 5.41) is 1.59. The maximum atomic E-state index is 14.0. The largest absolute Gasteiger partial charge is 0.370 e. The van der Waals surface area contributed by atoms with Crippen molar-refractivity contribution < 1.29 is 13.6 Å². The van der Waals surface area contributed by atoms with Crippen molar-refractivity contribution in [2.45, 2.75) is 24.3 Å². The molecular weight excluding hydrogens is 430 g/mol. The molecule has 0 spiro atoms. The molecule has 0 radical (unpaired) electrons. The lowest BCUT2D eigenvalue weighted by Crippen LogP contribution is -2.49. The fourth-order valence-electron chi connectivity index (χ4n) is 3.52. The van der Waals surface area contributed by atoms with E-state index in [4.69, 9.17) is 17.3 Å². The number of carbonyl (C=O) groups is 1. The Balaban J connectivity index is 1.55. The molecule has 2 aromatic heterocycles. The minimum absolute atomic E-state index is 0.0691. The van der Waals surface area contributed by atoms with E-state index in [0.717, 1.165) is 47.7 Å². The average Bonchev–Trinajstić information content (AvgIpc) is 3.20. The topological polar surface area (TPSA) is 72.1 Å². The fraction of sp³-hybridized carbons (Fsp3) is 0.286. The number of piperidine rings is 1. The van der Waals surface area contributed by atoms with E-state index in [1.54, 1.807) is 12.4 Å². The number of halogens is 3. The zero-order chi connectivity index (χ0) is 21.3. The first-order valence-corrected chi connectivity index (χ1v) is 10.8. The van der Waals surface area contributed by atoms with Gasteiger partial charge < -0.3 is 10.6 Å². The Morgan fingerprint density at radius 1 is 1.30 bits per heavy atom. The van der Waals surface area contributed by atoms with E-state index in [2.05, 4.69) is 14.9 Å². The van der Waals surface area contributed by atoms with Crippen LogP contribution in [0, 0.1) is 11.6 Å². The molecule has 1 fully saturated rings. The second kappa shape index (κ2) is 8.75. The lowest BCUT2D eigenvalue weighted by Gasteiger charge is -2.36. The molecule has 1 aliphatic heterocycles. The summed E-state index contributed by atoms with van der Waals surface area (Å²) in [4.78, 5) is 23.3. The summed E-state index contributed by atoms with van der Waals surface area (Å²) in [5.74, 6) is -1.67. The molecule has 30 heavy (non-hydrogen) atoms. The number of Topliss-reactive ketones (excluding diaryl/α,β-unsaturated/α-hetero) is 1. The van der Waals surface area contributed by atoms with Crippen molar-refractivity contribution in [3.8, 4) is 10.6 Å². The predicted molar refractivity (Wildman–Crippen MR) is 114 cm³/mol. The zero-order valence-electron chi connectivity index (χ0n) is 15.9. The maximum absolute atomic E-state index is 14.0. The number of nitrogens with zero attached hydrogens (tertiary/aromatic N) is 3. The van der Waals surface area contributed by atoms with Gasteiger partial charge in [-0.3, -0.25) is 9.78 Å². The van der Waals surface area contributed by atoms with Gasteiger partial charge in [0.15, 0.2) is 5.78 Å². The molecule has 0 amide bonds. The molecule has 0 aliphatic carbocycles. The van der Waals surface area contributed by atoms with Gasteiger partial charge in [0.25, 0.3) is 0 Å². The van der Waals surface area contributed by atoms with Crippen LogP contribution >= 0.6 is 22.9 Å². The molecule has 3 aromatic rings. The van der Waals surface area contributed by atoms with Gasteiger partial charge in [0.2, 0.25) is 0 Å². The van der Waals surface area contributed by atoms with Gasteiger partial charge in [-0.1, -0.05) is 6.07 Å². The second-order valence-electron chi connectivity index (χ2n) is 7.15. The van der Waals surface area contributed by atoms with E-state index in [-0.39, 0.29) is 39.9 Å². The Kier molecular flexibility index (Phi) is 6.08. The van der Waals surface area contributed by atoms with Crippen molar-refractivity contribution in [3.63, 3.8) is 0 Å². The smallest absolute Gasteiger partial charge is 0.186 e. The van der Waals surface area contributed by atoms with Crippen molar-refractivity contribution in [1.29, 1.82) is 0 Å². The summed E-state index contributed by atoms with van der Waals surface area (Å²) >= 11 is 7.25. The SMILES string of the molecule is NC1CN(c2ccncc2CC(=O)c2csc(-c3c(F)cccc3F)n2)CCC1Cl. The number of thiazole rings is 1. The van der Waals surface area contributed by atoms with Crippen LogP contribution in [0.4, 0.5) is 14.5 Å². The summed E-state index contributed by atoms with van der Waals surface area (Å²) in [6, 6.07) is 5.31. The standard InChI is InChI=1S/C21H19ClF2N4OS/c22-13-5-7-28(10-16(13)25)18-4-6-26-9-12(18)8-19(29)17-11-30-21(27-17)20-14(23)2-1-3-15(20)24/h1-4,6,9,11,13,16H,5,7-8,10,25H2. The number of carbonyl (C=O) groups excluding carboxylic acids is 1. The molecule has 9 heteroatoms. The Hall–Kier alpha value is -2.42. The summed E-state index contributed by atoms with van der Waals surface area (Å²) in [6.45, 7) is 1.33. The van der Waals surface area contributed by atoms with Crippen LogP contribution in [0.15, 0.2) is 42.0 Å². The summed E-state index contributed by atoms with van der Waals surface area (Å²) in [5.41, 5.74) is 7.68. The third-order valence-corrected chi connectivity index (χ3v) is 6.51. The van der Waals surface area contributed by atoms with Crippen molar-refractivity contribution >= 4 is 34.4 Å². The molecule has 0 bridgehead atoms. The number of ketones is 1. The van der Waals surface area contributed by atoms with E-state index in [9.17, 15) is 13.6 Å². The first-order chi connectivity index (χ1) is 14.4. The molecule has 1 aromatic carbocycles. The van der Waals surface area contributed by atoms with Crippen molar-refractivity contribution in [1.82, 2.24) is 9.97 Å². The Morgan fingerprint density at radius 2 is 2.07 bits per heavy atom. The van der Waals surface area contributed by atoms with Gasteiger partial charge in [0.1, 0.15) is 22.3 Å². The van der Waals surface area contributed by atoms with Crippen LogP contribution in [0.1, 0.15) is 22.5 Å². The fourth-order valence-corrected chi connectivity index (χ4v) is 4.57. The molecule has 2 unspecified atom stereocenters. The normalized spacial score (nSPS) is 19.1. The number of rotatable bonds is 5. The average molecular weight is 449 g/mol. The number of hydrogen-bond acceptors (Lipinski definition) is 6. The van der Waals surface area contributed by atoms with E-state index in [1.807, 2.05) is 6.07 Å². The number of anilines is 1. The first-order valence-electron chi connectivity index (χ1n) is 9.44. The number of pyridine rings is 1. The molecule has 1 saturated heterocycles. The number of hydrogen-bond donors (Lipinski definition) is 1. The molecule has 156 valence electrons. The number of aromatic nitrogens is 2.